The Bertz CT molecular complexity index is 547. The SMILES string of the molecule is CCOc1ncnc(NCC2CCCS2(=O)=O)c1N. The van der Waals surface area contributed by atoms with Crippen LogP contribution in [0.3, 0.4) is 0 Å². The van der Waals surface area contributed by atoms with Crippen molar-refractivity contribution in [3.63, 3.8) is 0 Å². The summed E-state index contributed by atoms with van der Waals surface area (Å²) in [5, 5.41) is 2.61. The van der Waals surface area contributed by atoms with E-state index in [1.54, 1.807) is 0 Å². The Morgan fingerprint density at radius 2 is 2.32 bits per heavy atom. The molecule has 8 heteroatoms. The number of nitrogens with one attached hydrogen (secondary N) is 1. The van der Waals surface area contributed by atoms with E-state index in [0.717, 1.165) is 6.42 Å². The fourth-order valence-electron chi connectivity index (χ4n) is 2.07. The zero-order valence-electron chi connectivity index (χ0n) is 10.8. The van der Waals surface area contributed by atoms with E-state index in [1.165, 1.54) is 6.33 Å². The lowest BCUT2D eigenvalue weighted by Crippen LogP contribution is -2.25. The molecule has 0 radical (unpaired) electrons. The third kappa shape index (κ3) is 3.06. The van der Waals surface area contributed by atoms with Gasteiger partial charge in [-0.25, -0.2) is 13.4 Å². The summed E-state index contributed by atoms with van der Waals surface area (Å²) >= 11 is 0. The number of anilines is 2. The maximum absolute atomic E-state index is 11.7. The molecule has 19 heavy (non-hydrogen) atoms. The lowest BCUT2D eigenvalue weighted by Gasteiger charge is -2.13. The molecule has 2 rings (SSSR count). The van der Waals surface area contributed by atoms with Crippen molar-refractivity contribution in [1.82, 2.24) is 9.97 Å². The second kappa shape index (κ2) is 5.60. The van der Waals surface area contributed by atoms with Crippen molar-refractivity contribution in [2.24, 2.45) is 0 Å². The van der Waals surface area contributed by atoms with Crippen LogP contribution >= 0.6 is 0 Å². The molecule has 106 valence electrons. The number of rotatable bonds is 5. The largest absolute Gasteiger partial charge is 0.476 e. The summed E-state index contributed by atoms with van der Waals surface area (Å²) in [5.41, 5.74) is 6.17. The maximum Gasteiger partial charge on any atom is 0.242 e. The van der Waals surface area contributed by atoms with Gasteiger partial charge in [-0.2, -0.15) is 4.98 Å². The van der Waals surface area contributed by atoms with Crippen LogP contribution in [-0.4, -0.2) is 42.5 Å². The van der Waals surface area contributed by atoms with E-state index in [1.807, 2.05) is 6.92 Å². The van der Waals surface area contributed by atoms with Gasteiger partial charge in [0.15, 0.2) is 15.7 Å². The molecule has 1 atom stereocenters. The Morgan fingerprint density at radius 1 is 1.53 bits per heavy atom. The minimum atomic E-state index is -2.97. The van der Waals surface area contributed by atoms with Crippen LogP contribution in [0.25, 0.3) is 0 Å². The van der Waals surface area contributed by atoms with E-state index < -0.39 is 9.84 Å². The molecular formula is C11H18N4O3S. The topological polar surface area (TPSA) is 107 Å². The van der Waals surface area contributed by atoms with Crippen molar-refractivity contribution in [3.8, 4) is 5.88 Å². The van der Waals surface area contributed by atoms with Gasteiger partial charge in [0, 0.05) is 6.54 Å². The van der Waals surface area contributed by atoms with Crippen LogP contribution in [0.4, 0.5) is 11.5 Å². The van der Waals surface area contributed by atoms with Gasteiger partial charge in [-0.05, 0) is 19.8 Å². The van der Waals surface area contributed by atoms with Crippen LogP contribution in [0.2, 0.25) is 0 Å². The summed E-state index contributed by atoms with van der Waals surface area (Å²) in [4.78, 5) is 7.93. The van der Waals surface area contributed by atoms with E-state index in [4.69, 9.17) is 10.5 Å². The van der Waals surface area contributed by atoms with Gasteiger partial charge >= 0.3 is 0 Å². The molecule has 0 spiro atoms. The maximum atomic E-state index is 11.7. The van der Waals surface area contributed by atoms with Gasteiger partial charge in [-0.3, -0.25) is 0 Å². The number of nitrogens with zero attached hydrogens (tertiary/aromatic N) is 2. The van der Waals surface area contributed by atoms with Crippen LogP contribution in [0.15, 0.2) is 6.33 Å². The fourth-order valence-corrected chi connectivity index (χ4v) is 3.84. The lowest BCUT2D eigenvalue weighted by molar-refractivity contribution is 0.328. The highest BCUT2D eigenvalue weighted by molar-refractivity contribution is 7.92. The zero-order valence-corrected chi connectivity index (χ0v) is 11.6. The molecular weight excluding hydrogens is 268 g/mol. The molecule has 0 amide bonds. The van der Waals surface area contributed by atoms with Crippen LogP contribution in [-0.2, 0) is 9.84 Å². The van der Waals surface area contributed by atoms with E-state index >= 15 is 0 Å². The van der Waals surface area contributed by atoms with Crippen LogP contribution in [0.1, 0.15) is 19.8 Å². The number of hydrogen-bond acceptors (Lipinski definition) is 7. The van der Waals surface area contributed by atoms with Crippen LogP contribution in [0, 0.1) is 0 Å². The molecule has 1 aromatic heterocycles. The van der Waals surface area contributed by atoms with Crippen molar-refractivity contribution >= 4 is 21.3 Å². The average Bonchev–Trinajstić information content (AvgIpc) is 2.70. The van der Waals surface area contributed by atoms with Crippen molar-refractivity contribution < 1.29 is 13.2 Å². The number of sulfone groups is 1. The summed E-state index contributed by atoms with van der Waals surface area (Å²) in [6.07, 6.45) is 2.74. The number of nitrogens with two attached hydrogens (primary N) is 1. The molecule has 3 N–H and O–H groups in total. The second-order valence-corrected chi connectivity index (χ2v) is 6.79. The van der Waals surface area contributed by atoms with E-state index in [-0.39, 0.29) is 11.0 Å². The molecule has 7 nitrogen and oxygen atoms in total. The second-order valence-electron chi connectivity index (χ2n) is 4.39. The first-order chi connectivity index (χ1) is 9.04. The number of ether oxygens (including phenoxy) is 1. The third-order valence-electron chi connectivity index (χ3n) is 3.09. The quantitative estimate of drug-likeness (QED) is 0.809. The Balaban J connectivity index is 2.06. The van der Waals surface area contributed by atoms with E-state index in [2.05, 4.69) is 15.3 Å². The lowest BCUT2D eigenvalue weighted by atomic mass is 10.2. The molecule has 1 aliphatic heterocycles. The average molecular weight is 286 g/mol. The van der Waals surface area contributed by atoms with Crippen molar-refractivity contribution in [3.05, 3.63) is 6.33 Å². The molecule has 0 bridgehead atoms. The molecule has 0 aromatic carbocycles. The molecule has 2 heterocycles. The van der Waals surface area contributed by atoms with E-state index in [9.17, 15) is 8.42 Å². The summed E-state index contributed by atoms with van der Waals surface area (Å²) in [6.45, 7) is 2.60. The third-order valence-corrected chi connectivity index (χ3v) is 5.36. The van der Waals surface area contributed by atoms with E-state index in [0.29, 0.717) is 37.0 Å². The highest BCUT2D eigenvalue weighted by atomic mass is 32.2. The predicted molar refractivity (Wildman–Crippen MR) is 72.9 cm³/mol. The molecule has 1 fully saturated rings. The van der Waals surface area contributed by atoms with Gasteiger partial charge in [0.25, 0.3) is 0 Å². The van der Waals surface area contributed by atoms with Gasteiger partial charge in [-0.1, -0.05) is 0 Å². The predicted octanol–water partition coefficient (Wildman–Crippen LogP) is 0.447. The smallest absolute Gasteiger partial charge is 0.242 e. The molecule has 1 aromatic rings. The highest BCUT2D eigenvalue weighted by Gasteiger charge is 2.31. The summed E-state index contributed by atoms with van der Waals surface area (Å²) < 4.78 is 28.7. The summed E-state index contributed by atoms with van der Waals surface area (Å²) in [6, 6.07) is 0. The monoisotopic (exact) mass is 286 g/mol. The molecule has 1 aliphatic rings. The molecule has 1 unspecified atom stereocenters. The Morgan fingerprint density at radius 3 is 2.95 bits per heavy atom. The first-order valence-corrected chi connectivity index (χ1v) is 7.95. The normalized spacial score (nSPS) is 21.2. The Hall–Kier alpha value is -1.57. The first-order valence-electron chi connectivity index (χ1n) is 6.23. The van der Waals surface area contributed by atoms with Gasteiger partial charge in [0.2, 0.25) is 5.88 Å². The van der Waals surface area contributed by atoms with Gasteiger partial charge in [0.1, 0.15) is 12.0 Å². The molecule has 0 saturated carbocycles. The standard InChI is InChI=1S/C11H18N4O3S/c1-2-18-11-9(12)10(14-7-15-11)13-6-8-4-3-5-19(8,16)17/h7-8H,2-6,12H2,1H3,(H,13,14,15). The van der Waals surface area contributed by atoms with Gasteiger partial charge in [0.05, 0.1) is 17.6 Å². The zero-order chi connectivity index (χ0) is 13.9. The van der Waals surface area contributed by atoms with Crippen molar-refractivity contribution in [2.75, 3.05) is 30.0 Å². The highest BCUT2D eigenvalue weighted by Crippen LogP contribution is 2.26. The minimum Gasteiger partial charge on any atom is -0.476 e. The summed E-state index contributed by atoms with van der Waals surface area (Å²) in [5.74, 6) is 0.998. The number of aromatic nitrogens is 2. The molecule has 1 saturated heterocycles. The van der Waals surface area contributed by atoms with Crippen molar-refractivity contribution in [2.45, 2.75) is 25.0 Å². The minimum absolute atomic E-state index is 0.267. The summed E-state index contributed by atoms with van der Waals surface area (Å²) in [7, 11) is -2.97. The van der Waals surface area contributed by atoms with Crippen LogP contribution < -0.4 is 15.8 Å². The van der Waals surface area contributed by atoms with Gasteiger partial charge in [-0.15, -0.1) is 0 Å². The fraction of sp³-hybridized carbons (Fsp3) is 0.636. The Kier molecular flexibility index (Phi) is 4.08. The van der Waals surface area contributed by atoms with Gasteiger partial charge < -0.3 is 15.8 Å². The Labute approximate surface area is 112 Å². The first kappa shape index (κ1) is 13.9. The van der Waals surface area contributed by atoms with Crippen LogP contribution in [0.5, 0.6) is 5.88 Å². The molecule has 0 aliphatic carbocycles. The number of nitrogen functional groups attached to an aromatic ring is 1. The van der Waals surface area contributed by atoms with Crippen molar-refractivity contribution in [1.29, 1.82) is 0 Å². The number of hydrogen-bond donors (Lipinski definition) is 2.